The van der Waals surface area contributed by atoms with Crippen LogP contribution >= 0.6 is 0 Å². The quantitative estimate of drug-likeness (QED) is 0.622. The SMILES string of the molecule is C=Cc1cnc(Nc2ccc(S(=O)(=O)N3CCNCC3)c(N3CCNCC3)c2)nc1. The number of benzene rings is 1. The molecule has 0 bridgehead atoms. The van der Waals surface area contributed by atoms with Crippen molar-refractivity contribution in [3.63, 3.8) is 0 Å². The van der Waals surface area contributed by atoms with Gasteiger partial charge in [-0.1, -0.05) is 12.7 Å². The molecule has 2 aromatic rings. The van der Waals surface area contributed by atoms with Crippen LogP contribution in [0.15, 0.2) is 42.1 Å². The Morgan fingerprint density at radius 1 is 1.00 bits per heavy atom. The molecule has 1 aromatic carbocycles. The van der Waals surface area contributed by atoms with E-state index in [1.807, 2.05) is 6.07 Å². The Labute approximate surface area is 177 Å². The van der Waals surface area contributed by atoms with E-state index in [0.29, 0.717) is 42.7 Å². The van der Waals surface area contributed by atoms with Gasteiger partial charge in [0.25, 0.3) is 0 Å². The normalized spacial score (nSPS) is 18.2. The highest BCUT2D eigenvalue weighted by molar-refractivity contribution is 7.89. The molecule has 0 spiro atoms. The Hall–Kier alpha value is -2.53. The second-order valence-corrected chi connectivity index (χ2v) is 9.15. The summed E-state index contributed by atoms with van der Waals surface area (Å²) in [5, 5.41) is 9.70. The second kappa shape index (κ2) is 9.09. The third-order valence-electron chi connectivity index (χ3n) is 5.27. The Morgan fingerprint density at radius 2 is 1.63 bits per heavy atom. The zero-order valence-corrected chi connectivity index (χ0v) is 17.7. The van der Waals surface area contributed by atoms with Crippen molar-refractivity contribution in [3.05, 3.63) is 42.7 Å². The van der Waals surface area contributed by atoms with E-state index in [0.717, 1.165) is 37.4 Å². The minimum Gasteiger partial charge on any atom is -0.368 e. The molecule has 9 nitrogen and oxygen atoms in total. The van der Waals surface area contributed by atoms with Crippen LogP contribution < -0.4 is 20.9 Å². The average molecular weight is 430 g/mol. The molecule has 3 N–H and O–H groups in total. The minimum atomic E-state index is -3.58. The summed E-state index contributed by atoms with van der Waals surface area (Å²) >= 11 is 0. The van der Waals surface area contributed by atoms with Crippen molar-refractivity contribution in [1.29, 1.82) is 0 Å². The molecule has 10 heteroatoms. The first kappa shape index (κ1) is 20.7. The highest BCUT2D eigenvalue weighted by Crippen LogP contribution is 2.32. The molecule has 3 heterocycles. The van der Waals surface area contributed by atoms with Gasteiger partial charge in [0.05, 0.1) is 5.69 Å². The smallest absolute Gasteiger partial charge is 0.245 e. The van der Waals surface area contributed by atoms with E-state index in [9.17, 15) is 8.42 Å². The summed E-state index contributed by atoms with van der Waals surface area (Å²) in [6.07, 6.45) is 5.05. The van der Waals surface area contributed by atoms with Crippen LogP contribution in [0.25, 0.3) is 6.08 Å². The highest BCUT2D eigenvalue weighted by atomic mass is 32.2. The molecule has 30 heavy (non-hydrogen) atoms. The first-order valence-corrected chi connectivity index (χ1v) is 11.5. The summed E-state index contributed by atoms with van der Waals surface area (Å²) in [7, 11) is -3.58. The molecule has 0 saturated carbocycles. The van der Waals surface area contributed by atoms with E-state index in [-0.39, 0.29) is 0 Å². The molecule has 2 aliphatic heterocycles. The molecule has 4 rings (SSSR count). The van der Waals surface area contributed by atoms with Crippen LogP contribution in [-0.4, -0.2) is 75.0 Å². The first-order valence-electron chi connectivity index (χ1n) is 10.1. The molecule has 2 fully saturated rings. The Morgan fingerprint density at radius 3 is 2.27 bits per heavy atom. The maximum absolute atomic E-state index is 13.4. The second-order valence-electron chi connectivity index (χ2n) is 7.24. The molecule has 2 saturated heterocycles. The topological polar surface area (TPSA) is 102 Å². The molecule has 0 unspecified atom stereocenters. The summed E-state index contributed by atoms with van der Waals surface area (Å²) in [4.78, 5) is 11.0. The van der Waals surface area contributed by atoms with Crippen LogP contribution in [0.2, 0.25) is 0 Å². The van der Waals surface area contributed by atoms with Gasteiger partial charge in [-0.05, 0) is 18.2 Å². The monoisotopic (exact) mass is 429 g/mol. The number of hydrogen-bond donors (Lipinski definition) is 3. The molecule has 160 valence electrons. The molecular formula is C20H27N7O2S. The fraction of sp³-hybridized carbons (Fsp3) is 0.400. The van der Waals surface area contributed by atoms with Gasteiger partial charge in [0, 0.05) is 76.0 Å². The van der Waals surface area contributed by atoms with E-state index in [1.54, 1.807) is 34.9 Å². The van der Waals surface area contributed by atoms with Crippen molar-refractivity contribution in [3.8, 4) is 0 Å². The number of hydrogen-bond acceptors (Lipinski definition) is 8. The number of piperazine rings is 2. The Bertz CT molecular complexity index is 983. The van der Waals surface area contributed by atoms with Gasteiger partial charge in [0.2, 0.25) is 16.0 Å². The van der Waals surface area contributed by atoms with Crippen LogP contribution in [0, 0.1) is 0 Å². The lowest BCUT2D eigenvalue weighted by molar-refractivity contribution is 0.360. The van der Waals surface area contributed by atoms with E-state index in [1.165, 1.54) is 0 Å². The van der Waals surface area contributed by atoms with Crippen molar-refractivity contribution in [2.24, 2.45) is 0 Å². The Kier molecular flexibility index (Phi) is 6.28. The fourth-order valence-corrected chi connectivity index (χ4v) is 5.26. The van der Waals surface area contributed by atoms with Gasteiger partial charge in [-0.15, -0.1) is 0 Å². The van der Waals surface area contributed by atoms with Gasteiger partial charge < -0.3 is 20.9 Å². The molecule has 2 aliphatic rings. The number of anilines is 3. The maximum atomic E-state index is 13.4. The van der Waals surface area contributed by atoms with Crippen molar-refractivity contribution in [1.82, 2.24) is 24.9 Å². The molecule has 1 aromatic heterocycles. The predicted molar refractivity (Wildman–Crippen MR) is 119 cm³/mol. The van der Waals surface area contributed by atoms with Crippen molar-refractivity contribution in [2.45, 2.75) is 4.90 Å². The fourth-order valence-electron chi connectivity index (χ4n) is 3.63. The van der Waals surface area contributed by atoms with Crippen LogP contribution in [0.3, 0.4) is 0 Å². The van der Waals surface area contributed by atoms with E-state index in [4.69, 9.17) is 0 Å². The number of sulfonamides is 1. The molecular weight excluding hydrogens is 402 g/mol. The van der Waals surface area contributed by atoms with E-state index >= 15 is 0 Å². The van der Waals surface area contributed by atoms with Crippen molar-refractivity contribution < 1.29 is 8.42 Å². The molecule has 0 radical (unpaired) electrons. The molecule has 0 amide bonds. The lowest BCUT2D eigenvalue weighted by Gasteiger charge is -2.33. The largest absolute Gasteiger partial charge is 0.368 e. The summed E-state index contributed by atoms with van der Waals surface area (Å²) in [6.45, 7) is 9.12. The lowest BCUT2D eigenvalue weighted by Crippen LogP contribution is -2.47. The summed E-state index contributed by atoms with van der Waals surface area (Å²) in [6, 6.07) is 5.34. The zero-order valence-electron chi connectivity index (χ0n) is 16.8. The van der Waals surface area contributed by atoms with Crippen LogP contribution in [0.4, 0.5) is 17.3 Å². The van der Waals surface area contributed by atoms with E-state index in [2.05, 4.69) is 37.4 Å². The van der Waals surface area contributed by atoms with Crippen LogP contribution in [0.1, 0.15) is 5.56 Å². The summed E-state index contributed by atoms with van der Waals surface area (Å²) < 4.78 is 28.3. The zero-order chi connectivity index (χ0) is 21.0. The van der Waals surface area contributed by atoms with Crippen LogP contribution in [-0.2, 0) is 10.0 Å². The van der Waals surface area contributed by atoms with E-state index < -0.39 is 10.0 Å². The van der Waals surface area contributed by atoms with Crippen molar-refractivity contribution in [2.75, 3.05) is 62.6 Å². The lowest BCUT2D eigenvalue weighted by atomic mass is 10.2. The average Bonchev–Trinajstić information content (AvgIpc) is 2.80. The van der Waals surface area contributed by atoms with Crippen molar-refractivity contribution >= 4 is 33.4 Å². The number of rotatable bonds is 6. The van der Waals surface area contributed by atoms with Gasteiger partial charge in [-0.3, -0.25) is 0 Å². The Balaban J connectivity index is 1.67. The predicted octanol–water partition coefficient (Wildman–Crippen LogP) is 0.867. The third kappa shape index (κ3) is 4.46. The first-order chi connectivity index (χ1) is 14.6. The maximum Gasteiger partial charge on any atom is 0.245 e. The highest BCUT2D eigenvalue weighted by Gasteiger charge is 2.30. The molecule has 0 atom stereocenters. The standard InChI is InChI=1S/C20H27N7O2S/c1-2-16-14-23-20(24-15-16)25-17-3-4-19(18(13-17)26-9-5-21-6-10-26)30(28,29)27-11-7-22-8-12-27/h2-4,13-15,21-22H,1,5-12H2,(H,23,24,25). The van der Waals surface area contributed by atoms with Gasteiger partial charge in [-0.25, -0.2) is 18.4 Å². The minimum absolute atomic E-state index is 0.347. The van der Waals surface area contributed by atoms with Gasteiger partial charge in [0.1, 0.15) is 4.90 Å². The molecule has 0 aliphatic carbocycles. The van der Waals surface area contributed by atoms with Gasteiger partial charge in [-0.2, -0.15) is 4.31 Å². The number of nitrogens with zero attached hydrogens (tertiary/aromatic N) is 4. The summed E-state index contributed by atoms with van der Waals surface area (Å²) in [5.74, 6) is 0.449. The van der Waals surface area contributed by atoms with Gasteiger partial charge >= 0.3 is 0 Å². The van der Waals surface area contributed by atoms with Gasteiger partial charge in [0.15, 0.2) is 0 Å². The third-order valence-corrected chi connectivity index (χ3v) is 7.22. The number of aromatic nitrogens is 2. The number of nitrogens with one attached hydrogen (secondary N) is 3. The van der Waals surface area contributed by atoms with Crippen LogP contribution in [0.5, 0.6) is 0 Å². The summed E-state index contributed by atoms with van der Waals surface area (Å²) in [5.41, 5.74) is 2.29.